The first kappa shape index (κ1) is 19.1. The highest BCUT2D eigenvalue weighted by atomic mass is 19.1. The molecule has 1 heterocycles. The molecule has 3 amide bonds. The summed E-state index contributed by atoms with van der Waals surface area (Å²) in [6.45, 7) is -0.111. The highest BCUT2D eigenvalue weighted by Gasteiger charge is 2.52. The van der Waals surface area contributed by atoms with Gasteiger partial charge in [0.2, 0.25) is 11.6 Å². The molecule has 7 nitrogen and oxygen atoms in total. The second kappa shape index (κ2) is 7.54. The van der Waals surface area contributed by atoms with Crippen molar-refractivity contribution < 1.29 is 23.9 Å². The van der Waals surface area contributed by atoms with E-state index in [0.717, 1.165) is 18.4 Å². The molecule has 2 fully saturated rings. The molecule has 3 rings (SSSR count). The van der Waals surface area contributed by atoms with E-state index in [1.54, 1.807) is 0 Å². The number of carbonyl (C=O) groups is 3. The molecule has 0 radical (unpaired) electrons. The monoisotopic (exact) mass is 377 g/mol. The van der Waals surface area contributed by atoms with Crippen LogP contribution in [0.3, 0.4) is 0 Å². The summed E-state index contributed by atoms with van der Waals surface area (Å²) in [7, 11) is 0. The van der Waals surface area contributed by atoms with Crippen LogP contribution in [0.2, 0.25) is 0 Å². The van der Waals surface area contributed by atoms with E-state index in [-0.39, 0.29) is 13.0 Å². The third-order valence-corrected chi connectivity index (χ3v) is 5.41. The number of alkyl halides is 1. The molecule has 0 aromatic heterocycles. The van der Waals surface area contributed by atoms with Crippen molar-refractivity contribution in [3.8, 4) is 0 Å². The first-order chi connectivity index (χ1) is 12.8. The lowest BCUT2D eigenvalue weighted by Gasteiger charge is -2.33. The van der Waals surface area contributed by atoms with Gasteiger partial charge >= 0.3 is 12.0 Å². The molecule has 8 heteroatoms. The SMILES string of the molecule is O=C(NCc1ccccc1)NC1(C(=O)N2CCC(F)(C(=O)O)C2)CCCC1. The molecular formula is C19H24FN3O4. The zero-order chi connectivity index (χ0) is 19.5. The van der Waals surface area contributed by atoms with Crippen molar-refractivity contribution in [1.29, 1.82) is 0 Å². The normalized spacial score (nSPS) is 23.8. The minimum atomic E-state index is -2.41. The first-order valence-electron chi connectivity index (χ1n) is 9.16. The Hall–Kier alpha value is -2.64. The van der Waals surface area contributed by atoms with Crippen LogP contribution in [-0.2, 0) is 16.1 Å². The number of aliphatic carboxylic acids is 1. The van der Waals surface area contributed by atoms with Crippen molar-refractivity contribution in [3.63, 3.8) is 0 Å². The van der Waals surface area contributed by atoms with Crippen molar-refractivity contribution in [3.05, 3.63) is 35.9 Å². The van der Waals surface area contributed by atoms with Gasteiger partial charge in [0.25, 0.3) is 0 Å². The molecular weight excluding hydrogens is 353 g/mol. The van der Waals surface area contributed by atoms with Gasteiger partial charge in [-0.25, -0.2) is 14.0 Å². The zero-order valence-corrected chi connectivity index (χ0v) is 15.0. The molecule has 2 aliphatic rings. The van der Waals surface area contributed by atoms with Crippen molar-refractivity contribution in [2.45, 2.75) is 49.9 Å². The van der Waals surface area contributed by atoms with Crippen LogP contribution in [0, 0.1) is 0 Å². The molecule has 0 bridgehead atoms. The fourth-order valence-corrected chi connectivity index (χ4v) is 3.83. The van der Waals surface area contributed by atoms with Crippen molar-refractivity contribution >= 4 is 17.9 Å². The molecule has 146 valence electrons. The second-order valence-electron chi connectivity index (χ2n) is 7.33. The van der Waals surface area contributed by atoms with Gasteiger partial charge in [0, 0.05) is 19.5 Å². The number of carboxylic acid groups (broad SMARTS) is 1. The summed E-state index contributed by atoms with van der Waals surface area (Å²) in [5.41, 5.74) is -2.57. The van der Waals surface area contributed by atoms with Crippen LogP contribution in [0.25, 0.3) is 0 Å². The maximum atomic E-state index is 14.3. The predicted molar refractivity (Wildman–Crippen MR) is 95.7 cm³/mol. The fourth-order valence-electron chi connectivity index (χ4n) is 3.83. The lowest BCUT2D eigenvalue weighted by Crippen LogP contribution is -2.60. The molecule has 0 spiro atoms. The van der Waals surface area contributed by atoms with E-state index < -0.39 is 35.7 Å². The van der Waals surface area contributed by atoms with Crippen molar-refractivity contribution in [2.24, 2.45) is 0 Å². The Kier molecular flexibility index (Phi) is 5.34. The zero-order valence-electron chi connectivity index (χ0n) is 15.0. The van der Waals surface area contributed by atoms with Crippen molar-refractivity contribution in [1.82, 2.24) is 15.5 Å². The van der Waals surface area contributed by atoms with E-state index in [4.69, 9.17) is 5.11 Å². The first-order valence-corrected chi connectivity index (χ1v) is 9.16. The summed E-state index contributed by atoms with van der Waals surface area (Å²) in [5.74, 6) is -1.94. The predicted octanol–water partition coefficient (Wildman–Crippen LogP) is 1.82. The lowest BCUT2D eigenvalue weighted by atomic mass is 9.95. The number of urea groups is 1. The van der Waals surface area contributed by atoms with E-state index in [2.05, 4.69) is 10.6 Å². The Morgan fingerprint density at radius 3 is 2.37 bits per heavy atom. The van der Waals surface area contributed by atoms with Gasteiger partial charge in [0.1, 0.15) is 5.54 Å². The van der Waals surface area contributed by atoms with Crippen LogP contribution >= 0.6 is 0 Å². The highest BCUT2D eigenvalue weighted by molar-refractivity contribution is 5.92. The molecule has 1 unspecified atom stereocenters. The lowest BCUT2D eigenvalue weighted by molar-refractivity contribution is -0.150. The van der Waals surface area contributed by atoms with Gasteiger partial charge in [-0.3, -0.25) is 4.79 Å². The standard InChI is InChI=1S/C19H24FN3O4/c20-18(16(25)26)10-11-23(13-18)15(24)19(8-4-5-9-19)22-17(27)21-12-14-6-2-1-3-7-14/h1-3,6-7H,4-5,8-13H2,(H,25,26)(H2,21,22,27). The smallest absolute Gasteiger partial charge is 0.343 e. The maximum Gasteiger partial charge on any atom is 0.343 e. The molecule has 1 aliphatic heterocycles. The Balaban J connectivity index is 1.64. The number of carbonyl (C=O) groups excluding carboxylic acids is 2. The topological polar surface area (TPSA) is 98.7 Å². The Morgan fingerprint density at radius 2 is 1.78 bits per heavy atom. The van der Waals surface area contributed by atoms with Gasteiger partial charge in [0.15, 0.2) is 0 Å². The maximum absolute atomic E-state index is 14.3. The Bertz CT molecular complexity index is 721. The van der Waals surface area contributed by atoms with Gasteiger partial charge < -0.3 is 20.6 Å². The van der Waals surface area contributed by atoms with Gasteiger partial charge in [-0.1, -0.05) is 43.2 Å². The fraction of sp³-hybridized carbons (Fsp3) is 0.526. The summed E-state index contributed by atoms with van der Waals surface area (Å²) >= 11 is 0. The second-order valence-corrected chi connectivity index (χ2v) is 7.33. The minimum absolute atomic E-state index is 0.0384. The molecule has 3 N–H and O–H groups in total. The Labute approximate surface area is 156 Å². The third kappa shape index (κ3) is 4.04. The number of carboxylic acids is 1. The number of rotatable bonds is 5. The third-order valence-electron chi connectivity index (χ3n) is 5.41. The summed E-state index contributed by atoms with van der Waals surface area (Å²) in [5, 5.41) is 14.6. The van der Waals surface area contributed by atoms with E-state index in [1.165, 1.54) is 4.90 Å². The molecule has 1 saturated heterocycles. The average molecular weight is 377 g/mol. The van der Waals surface area contributed by atoms with Gasteiger partial charge in [0.05, 0.1) is 6.54 Å². The highest BCUT2D eigenvalue weighted by Crippen LogP contribution is 2.35. The van der Waals surface area contributed by atoms with E-state index in [0.29, 0.717) is 19.4 Å². The summed E-state index contributed by atoms with van der Waals surface area (Å²) in [6.07, 6.45) is 2.25. The van der Waals surface area contributed by atoms with Crippen LogP contribution in [0.15, 0.2) is 30.3 Å². The number of hydrogen-bond donors (Lipinski definition) is 3. The molecule has 1 atom stereocenters. The molecule has 1 aliphatic carbocycles. The van der Waals surface area contributed by atoms with Crippen LogP contribution in [0.4, 0.5) is 9.18 Å². The van der Waals surface area contributed by atoms with E-state index in [9.17, 15) is 18.8 Å². The van der Waals surface area contributed by atoms with Crippen molar-refractivity contribution in [2.75, 3.05) is 13.1 Å². The van der Waals surface area contributed by atoms with Gasteiger partial charge in [-0.2, -0.15) is 0 Å². The van der Waals surface area contributed by atoms with Gasteiger partial charge in [-0.05, 0) is 18.4 Å². The van der Waals surface area contributed by atoms with E-state index >= 15 is 0 Å². The summed E-state index contributed by atoms with van der Waals surface area (Å²) in [6, 6.07) is 8.93. The van der Waals surface area contributed by atoms with Crippen LogP contribution in [0.1, 0.15) is 37.7 Å². The average Bonchev–Trinajstić information content (AvgIpc) is 3.29. The molecule has 1 aromatic carbocycles. The van der Waals surface area contributed by atoms with Crippen LogP contribution in [0.5, 0.6) is 0 Å². The summed E-state index contributed by atoms with van der Waals surface area (Å²) < 4.78 is 14.3. The molecule has 1 saturated carbocycles. The number of hydrogen-bond acceptors (Lipinski definition) is 3. The molecule has 1 aromatic rings. The number of nitrogens with one attached hydrogen (secondary N) is 2. The number of halogens is 1. The number of nitrogens with zero attached hydrogens (tertiary/aromatic N) is 1. The minimum Gasteiger partial charge on any atom is -0.479 e. The van der Waals surface area contributed by atoms with Crippen LogP contribution in [-0.4, -0.2) is 52.2 Å². The summed E-state index contributed by atoms with van der Waals surface area (Å²) in [4.78, 5) is 37.7. The molecule has 27 heavy (non-hydrogen) atoms. The van der Waals surface area contributed by atoms with Crippen LogP contribution < -0.4 is 10.6 Å². The van der Waals surface area contributed by atoms with Gasteiger partial charge in [-0.15, -0.1) is 0 Å². The number of likely N-dealkylation sites (tertiary alicyclic amines) is 1. The number of benzene rings is 1. The van der Waals surface area contributed by atoms with E-state index in [1.807, 2.05) is 30.3 Å². The quantitative estimate of drug-likeness (QED) is 0.729. The largest absolute Gasteiger partial charge is 0.479 e. The number of amides is 3. The Morgan fingerprint density at radius 1 is 1.11 bits per heavy atom.